The fraction of sp³-hybridized carbons (Fsp3) is 0.350. The van der Waals surface area contributed by atoms with Crippen molar-refractivity contribution in [2.24, 2.45) is 0 Å². The lowest BCUT2D eigenvalue weighted by Gasteiger charge is -2.38. The van der Waals surface area contributed by atoms with Gasteiger partial charge in [0, 0.05) is 17.7 Å². The molecule has 2 aromatic carbocycles. The molecule has 1 aliphatic rings. The lowest BCUT2D eigenvalue weighted by atomic mass is 9.89. The highest BCUT2D eigenvalue weighted by Crippen LogP contribution is 2.40. The Hall–Kier alpha value is -2.40. The second kappa shape index (κ2) is 7.87. The Kier molecular flexibility index (Phi) is 6.03. The van der Waals surface area contributed by atoms with E-state index in [0.717, 1.165) is 11.3 Å². The van der Waals surface area contributed by atoms with Gasteiger partial charge in [0.05, 0.1) is 18.2 Å². The molecule has 3 rings (SSSR count). The van der Waals surface area contributed by atoms with E-state index in [1.54, 1.807) is 12.1 Å². The van der Waals surface area contributed by atoms with Gasteiger partial charge < -0.3 is 20.5 Å². The summed E-state index contributed by atoms with van der Waals surface area (Å²) in [7, 11) is 0. The Balaban J connectivity index is 0.00000243. The van der Waals surface area contributed by atoms with Crippen LogP contribution in [0, 0.1) is 0 Å². The van der Waals surface area contributed by atoms with Gasteiger partial charge in [-0.25, -0.2) is 0 Å². The number of hydrogen-bond donors (Lipinski definition) is 2. The molecule has 0 fully saturated rings. The average Bonchev–Trinajstić information content (AvgIpc) is 2.55. The molecule has 1 heterocycles. The van der Waals surface area contributed by atoms with Crippen LogP contribution in [0.1, 0.15) is 49.2 Å². The first-order valence-electron chi connectivity index (χ1n) is 8.51. The topological polar surface area (TPSA) is 73.6 Å². The van der Waals surface area contributed by atoms with Crippen LogP contribution in [0.4, 0.5) is 5.69 Å². The molecule has 140 valence electrons. The Morgan fingerprint density at radius 3 is 2.77 bits per heavy atom. The van der Waals surface area contributed by atoms with Crippen molar-refractivity contribution in [1.29, 1.82) is 0 Å². The SMILES string of the molecule is CCOc1ccccc1C(=O)NC1CC(C)(C)Oc2ccc(N)cc21.Cl. The smallest absolute Gasteiger partial charge is 0.255 e. The molecule has 2 aromatic rings. The van der Waals surface area contributed by atoms with Crippen molar-refractivity contribution >= 4 is 24.0 Å². The summed E-state index contributed by atoms with van der Waals surface area (Å²) in [5, 5.41) is 3.12. The van der Waals surface area contributed by atoms with E-state index in [4.69, 9.17) is 15.2 Å². The molecule has 0 bridgehead atoms. The Labute approximate surface area is 160 Å². The van der Waals surface area contributed by atoms with Gasteiger partial charge in [-0.2, -0.15) is 0 Å². The van der Waals surface area contributed by atoms with Crippen LogP contribution in [0.15, 0.2) is 42.5 Å². The van der Waals surface area contributed by atoms with Gasteiger partial charge in [-0.3, -0.25) is 4.79 Å². The predicted octanol–water partition coefficient (Wildman–Crippen LogP) is 4.12. The van der Waals surface area contributed by atoms with Crippen molar-refractivity contribution in [1.82, 2.24) is 5.32 Å². The average molecular weight is 377 g/mol. The number of rotatable bonds is 4. The number of anilines is 1. The van der Waals surface area contributed by atoms with Crippen LogP contribution in [-0.4, -0.2) is 18.1 Å². The van der Waals surface area contributed by atoms with Crippen LogP contribution < -0.4 is 20.5 Å². The van der Waals surface area contributed by atoms with E-state index in [2.05, 4.69) is 5.32 Å². The maximum atomic E-state index is 12.9. The molecule has 1 amide bonds. The van der Waals surface area contributed by atoms with E-state index in [-0.39, 0.29) is 30.0 Å². The molecule has 6 heteroatoms. The molecule has 1 atom stereocenters. The van der Waals surface area contributed by atoms with E-state index in [1.807, 2.05) is 51.1 Å². The Morgan fingerprint density at radius 1 is 1.31 bits per heavy atom. The van der Waals surface area contributed by atoms with E-state index >= 15 is 0 Å². The monoisotopic (exact) mass is 376 g/mol. The first-order valence-corrected chi connectivity index (χ1v) is 8.51. The second-order valence-corrected chi connectivity index (χ2v) is 6.82. The zero-order valence-electron chi connectivity index (χ0n) is 15.2. The number of halogens is 1. The summed E-state index contributed by atoms with van der Waals surface area (Å²) < 4.78 is 11.6. The molecular weight excluding hydrogens is 352 g/mol. The highest BCUT2D eigenvalue weighted by atomic mass is 35.5. The molecule has 0 aromatic heterocycles. The molecule has 1 aliphatic heterocycles. The van der Waals surface area contributed by atoms with E-state index in [9.17, 15) is 4.79 Å². The molecule has 0 saturated carbocycles. The number of carbonyl (C=O) groups is 1. The van der Waals surface area contributed by atoms with Crippen molar-refractivity contribution in [3.05, 3.63) is 53.6 Å². The number of hydrogen-bond acceptors (Lipinski definition) is 4. The fourth-order valence-corrected chi connectivity index (χ4v) is 3.17. The summed E-state index contributed by atoms with van der Waals surface area (Å²) in [6.07, 6.45) is 0.659. The van der Waals surface area contributed by atoms with Crippen molar-refractivity contribution in [2.45, 2.75) is 38.8 Å². The molecule has 3 N–H and O–H groups in total. The minimum absolute atomic E-state index is 0. The van der Waals surface area contributed by atoms with Gasteiger partial charge in [-0.1, -0.05) is 12.1 Å². The highest BCUT2D eigenvalue weighted by Gasteiger charge is 2.35. The molecule has 0 aliphatic carbocycles. The van der Waals surface area contributed by atoms with Gasteiger partial charge in [-0.05, 0) is 51.1 Å². The van der Waals surface area contributed by atoms with E-state index < -0.39 is 0 Å². The van der Waals surface area contributed by atoms with Crippen LogP contribution in [0.25, 0.3) is 0 Å². The summed E-state index contributed by atoms with van der Waals surface area (Å²) in [5.41, 5.74) is 7.63. The summed E-state index contributed by atoms with van der Waals surface area (Å²) >= 11 is 0. The minimum Gasteiger partial charge on any atom is -0.493 e. The first-order chi connectivity index (χ1) is 11.9. The van der Waals surface area contributed by atoms with Gasteiger partial charge >= 0.3 is 0 Å². The number of nitrogens with two attached hydrogens (primary N) is 1. The summed E-state index contributed by atoms with van der Waals surface area (Å²) in [6, 6.07) is 12.6. The number of nitrogens with one attached hydrogen (secondary N) is 1. The van der Waals surface area contributed by atoms with Crippen molar-refractivity contribution < 1.29 is 14.3 Å². The maximum absolute atomic E-state index is 12.9. The number of benzene rings is 2. The minimum atomic E-state index is -0.375. The number of nitrogen functional groups attached to an aromatic ring is 1. The van der Waals surface area contributed by atoms with Crippen LogP contribution >= 0.6 is 12.4 Å². The van der Waals surface area contributed by atoms with Gasteiger partial charge in [0.1, 0.15) is 17.1 Å². The summed E-state index contributed by atoms with van der Waals surface area (Å²) in [5.74, 6) is 1.18. The van der Waals surface area contributed by atoms with Crippen LogP contribution in [0.2, 0.25) is 0 Å². The number of amides is 1. The normalized spacial score (nSPS) is 17.3. The number of fused-ring (bicyclic) bond motifs is 1. The van der Waals surface area contributed by atoms with Gasteiger partial charge in [0.2, 0.25) is 0 Å². The molecule has 0 saturated heterocycles. The van der Waals surface area contributed by atoms with E-state index in [1.165, 1.54) is 0 Å². The number of para-hydroxylation sites is 1. The molecule has 5 nitrogen and oxygen atoms in total. The molecule has 0 radical (unpaired) electrons. The highest BCUT2D eigenvalue weighted by molar-refractivity contribution is 5.97. The zero-order chi connectivity index (χ0) is 18.0. The van der Waals surface area contributed by atoms with Crippen LogP contribution in [0.3, 0.4) is 0 Å². The van der Waals surface area contributed by atoms with Crippen LogP contribution in [-0.2, 0) is 0 Å². The van der Waals surface area contributed by atoms with Gasteiger partial charge in [0.15, 0.2) is 0 Å². The standard InChI is InChI=1S/C20H24N2O3.ClH/c1-4-24-17-8-6-5-7-14(17)19(23)22-16-12-20(2,3)25-18-10-9-13(21)11-15(16)18;/h5-11,16H,4,12,21H2,1-3H3,(H,22,23);1H. The predicted molar refractivity (Wildman–Crippen MR) is 105 cm³/mol. The van der Waals surface area contributed by atoms with E-state index in [0.29, 0.717) is 30.0 Å². The third-order valence-corrected chi connectivity index (χ3v) is 4.23. The second-order valence-electron chi connectivity index (χ2n) is 6.82. The molecule has 1 unspecified atom stereocenters. The Bertz CT molecular complexity index is 792. The number of carbonyl (C=O) groups excluding carboxylic acids is 1. The molecule has 0 spiro atoms. The third-order valence-electron chi connectivity index (χ3n) is 4.23. The Morgan fingerprint density at radius 2 is 2.04 bits per heavy atom. The number of ether oxygens (including phenoxy) is 2. The third kappa shape index (κ3) is 4.22. The van der Waals surface area contributed by atoms with Crippen molar-refractivity contribution in [3.8, 4) is 11.5 Å². The van der Waals surface area contributed by atoms with Gasteiger partial charge in [-0.15, -0.1) is 12.4 Å². The zero-order valence-corrected chi connectivity index (χ0v) is 16.1. The lowest BCUT2D eigenvalue weighted by molar-refractivity contribution is 0.0619. The summed E-state index contributed by atoms with van der Waals surface area (Å²) in [4.78, 5) is 12.9. The summed E-state index contributed by atoms with van der Waals surface area (Å²) in [6.45, 7) is 6.43. The largest absolute Gasteiger partial charge is 0.493 e. The fourth-order valence-electron chi connectivity index (χ4n) is 3.17. The molecule has 26 heavy (non-hydrogen) atoms. The molecular formula is C20H25ClN2O3. The maximum Gasteiger partial charge on any atom is 0.255 e. The van der Waals surface area contributed by atoms with Crippen LogP contribution in [0.5, 0.6) is 11.5 Å². The lowest BCUT2D eigenvalue weighted by Crippen LogP contribution is -2.41. The van der Waals surface area contributed by atoms with Crippen molar-refractivity contribution in [3.63, 3.8) is 0 Å². The first kappa shape index (κ1) is 19.9. The van der Waals surface area contributed by atoms with Crippen molar-refractivity contribution in [2.75, 3.05) is 12.3 Å². The quantitative estimate of drug-likeness (QED) is 0.787. The van der Waals surface area contributed by atoms with Gasteiger partial charge in [0.25, 0.3) is 5.91 Å².